The predicted octanol–water partition coefficient (Wildman–Crippen LogP) is 0.740. The number of rotatable bonds is 1. The molecule has 2 saturated heterocycles. The molecular formula is C16H20N4O3S2. The number of benzene rings is 1. The van der Waals surface area contributed by atoms with Crippen LogP contribution in [-0.2, 0) is 9.84 Å². The van der Waals surface area contributed by atoms with Gasteiger partial charge in [-0.3, -0.25) is 9.69 Å². The van der Waals surface area contributed by atoms with Crippen LogP contribution in [0.3, 0.4) is 0 Å². The highest BCUT2D eigenvalue weighted by Gasteiger charge is 2.47. The van der Waals surface area contributed by atoms with Crippen molar-refractivity contribution < 1.29 is 13.2 Å². The predicted molar refractivity (Wildman–Crippen MR) is 98.7 cm³/mol. The molecule has 9 heteroatoms. The maximum atomic E-state index is 13.1. The average Bonchev–Trinajstić information content (AvgIpc) is 3.06. The van der Waals surface area contributed by atoms with E-state index in [0.717, 1.165) is 15.8 Å². The SMILES string of the molecule is Cc1cc(C(=O)N2CCN(C)[C@@H]3CS(=O)(=O)C[C@@H]32)cc2sc(N)nc12. The van der Waals surface area contributed by atoms with Crippen LogP contribution < -0.4 is 5.73 Å². The van der Waals surface area contributed by atoms with E-state index in [-0.39, 0.29) is 29.5 Å². The number of likely N-dealkylation sites (N-methyl/N-ethyl adjacent to an activating group) is 1. The number of aryl methyl sites for hydroxylation is 1. The van der Waals surface area contributed by atoms with E-state index in [2.05, 4.69) is 9.88 Å². The first kappa shape index (κ1) is 16.7. The van der Waals surface area contributed by atoms with Gasteiger partial charge in [-0.05, 0) is 31.7 Å². The second-order valence-corrected chi connectivity index (χ2v) is 10.1. The maximum Gasteiger partial charge on any atom is 0.254 e. The summed E-state index contributed by atoms with van der Waals surface area (Å²) in [6.45, 7) is 3.12. The third kappa shape index (κ3) is 2.80. The Labute approximate surface area is 150 Å². The summed E-state index contributed by atoms with van der Waals surface area (Å²) in [5, 5.41) is 0.476. The number of carbonyl (C=O) groups excluding carboxylic acids is 1. The number of nitrogen functional groups attached to an aromatic ring is 1. The molecule has 3 heterocycles. The van der Waals surface area contributed by atoms with Crippen LogP contribution in [0.25, 0.3) is 10.2 Å². The minimum absolute atomic E-state index is 0.0441. The van der Waals surface area contributed by atoms with E-state index in [1.54, 1.807) is 4.90 Å². The number of hydrogen-bond acceptors (Lipinski definition) is 7. The number of fused-ring (bicyclic) bond motifs is 2. The molecule has 2 N–H and O–H groups in total. The van der Waals surface area contributed by atoms with Gasteiger partial charge >= 0.3 is 0 Å². The van der Waals surface area contributed by atoms with Gasteiger partial charge in [0, 0.05) is 24.7 Å². The van der Waals surface area contributed by atoms with Crippen molar-refractivity contribution in [3.63, 3.8) is 0 Å². The number of piperazine rings is 1. The summed E-state index contributed by atoms with van der Waals surface area (Å²) in [7, 11) is -1.18. The number of amides is 1. The van der Waals surface area contributed by atoms with Gasteiger partial charge in [0.1, 0.15) is 0 Å². The number of aromatic nitrogens is 1. The fourth-order valence-electron chi connectivity index (χ4n) is 3.88. The summed E-state index contributed by atoms with van der Waals surface area (Å²) in [4.78, 5) is 21.2. The highest BCUT2D eigenvalue weighted by atomic mass is 32.2. The van der Waals surface area contributed by atoms with E-state index < -0.39 is 9.84 Å². The lowest BCUT2D eigenvalue weighted by molar-refractivity contribution is 0.0410. The molecule has 2 fully saturated rings. The van der Waals surface area contributed by atoms with Crippen LogP contribution in [0.1, 0.15) is 15.9 Å². The molecule has 134 valence electrons. The normalized spacial score (nSPS) is 26.1. The fraction of sp³-hybridized carbons (Fsp3) is 0.500. The van der Waals surface area contributed by atoms with Crippen molar-refractivity contribution in [2.24, 2.45) is 0 Å². The van der Waals surface area contributed by atoms with Crippen LogP contribution in [0.2, 0.25) is 0 Å². The summed E-state index contributed by atoms with van der Waals surface area (Å²) in [5.41, 5.74) is 8.07. The van der Waals surface area contributed by atoms with Gasteiger partial charge in [-0.2, -0.15) is 0 Å². The molecule has 0 spiro atoms. The molecule has 25 heavy (non-hydrogen) atoms. The molecule has 0 unspecified atom stereocenters. The van der Waals surface area contributed by atoms with E-state index in [0.29, 0.717) is 23.8 Å². The molecule has 0 radical (unpaired) electrons. The number of nitrogens with two attached hydrogens (primary N) is 1. The van der Waals surface area contributed by atoms with Gasteiger partial charge < -0.3 is 10.6 Å². The largest absolute Gasteiger partial charge is 0.375 e. The second kappa shape index (κ2) is 5.65. The monoisotopic (exact) mass is 380 g/mol. The molecule has 1 amide bonds. The van der Waals surface area contributed by atoms with Crippen LogP contribution in [0.4, 0.5) is 5.13 Å². The molecule has 0 aliphatic carbocycles. The van der Waals surface area contributed by atoms with E-state index in [4.69, 9.17) is 5.73 Å². The Morgan fingerprint density at radius 3 is 2.76 bits per heavy atom. The van der Waals surface area contributed by atoms with Gasteiger partial charge in [0.2, 0.25) is 0 Å². The van der Waals surface area contributed by atoms with Crippen LogP contribution in [0.15, 0.2) is 12.1 Å². The molecule has 4 rings (SSSR count). The Kier molecular flexibility index (Phi) is 3.78. The Morgan fingerprint density at radius 1 is 1.28 bits per heavy atom. The van der Waals surface area contributed by atoms with Crippen molar-refractivity contribution in [1.82, 2.24) is 14.8 Å². The van der Waals surface area contributed by atoms with Gasteiger partial charge in [-0.15, -0.1) is 0 Å². The zero-order chi connectivity index (χ0) is 17.9. The average molecular weight is 380 g/mol. The number of carbonyl (C=O) groups is 1. The number of sulfone groups is 1. The molecule has 2 aliphatic rings. The number of anilines is 1. The third-order valence-electron chi connectivity index (χ3n) is 5.16. The van der Waals surface area contributed by atoms with Gasteiger partial charge in [-0.25, -0.2) is 13.4 Å². The minimum atomic E-state index is -3.11. The lowest BCUT2D eigenvalue weighted by Gasteiger charge is -2.42. The van der Waals surface area contributed by atoms with Gasteiger partial charge in [0.15, 0.2) is 15.0 Å². The molecule has 2 aliphatic heterocycles. The molecule has 0 bridgehead atoms. The smallest absolute Gasteiger partial charge is 0.254 e. The highest BCUT2D eigenvalue weighted by molar-refractivity contribution is 7.91. The van der Waals surface area contributed by atoms with Crippen molar-refractivity contribution in [2.75, 3.05) is 37.4 Å². The summed E-state index contributed by atoms with van der Waals surface area (Å²) in [6.07, 6.45) is 0. The molecule has 2 aromatic rings. The Hall–Kier alpha value is -1.71. The maximum absolute atomic E-state index is 13.1. The summed E-state index contributed by atoms with van der Waals surface area (Å²) in [5.74, 6) is 0.0568. The Balaban J connectivity index is 1.71. The van der Waals surface area contributed by atoms with Crippen molar-refractivity contribution in [3.8, 4) is 0 Å². The van der Waals surface area contributed by atoms with Crippen molar-refractivity contribution in [3.05, 3.63) is 23.3 Å². The van der Waals surface area contributed by atoms with E-state index >= 15 is 0 Å². The first-order chi connectivity index (χ1) is 11.7. The zero-order valence-corrected chi connectivity index (χ0v) is 15.7. The second-order valence-electron chi connectivity index (χ2n) is 6.88. The Morgan fingerprint density at radius 2 is 2.00 bits per heavy atom. The van der Waals surface area contributed by atoms with Crippen molar-refractivity contribution >= 4 is 42.4 Å². The molecule has 1 aromatic heterocycles. The van der Waals surface area contributed by atoms with Gasteiger partial charge in [-0.1, -0.05) is 11.3 Å². The third-order valence-corrected chi connectivity index (χ3v) is 7.69. The van der Waals surface area contributed by atoms with Gasteiger partial charge in [0.25, 0.3) is 5.91 Å². The zero-order valence-electron chi connectivity index (χ0n) is 14.1. The summed E-state index contributed by atoms with van der Waals surface area (Å²) >= 11 is 1.36. The number of nitrogens with zero attached hydrogens (tertiary/aromatic N) is 3. The standard InChI is InChI=1S/C16H20N4O3S2/c1-9-5-10(6-13-14(9)18-16(17)24-13)15(21)20-4-3-19(2)11-7-25(22,23)8-12(11)20/h5-6,11-12H,3-4,7-8H2,1-2H3,(H2,17,18)/t11-,12+/m1/s1. The Bertz CT molecular complexity index is 969. The van der Waals surface area contributed by atoms with E-state index in [1.807, 2.05) is 26.1 Å². The lowest BCUT2D eigenvalue weighted by Crippen LogP contribution is -2.59. The van der Waals surface area contributed by atoms with Crippen LogP contribution in [-0.4, -0.2) is 72.8 Å². The molecule has 0 saturated carbocycles. The van der Waals surface area contributed by atoms with Crippen LogP contribution >= 0.6 is 11.3 Å². The molecule has 1 aromatic carbocycles. The molecule has 7 nitrogen and oxygen atoms in total. The quantitative estimate of drug-likeness (QED) is 0.784. The highest BCUT2D eigenvalue weighted by Crippen LogP contribution is 2.31. The first-order valence-corrected chi connectivity index (χ1v) is 10.8. The van der Waals surface area contributed by atoms with Crippen molar-refractivity contribution in [1.29, 1.82) is 0 Å². The molecular weight excluding hydrogens is 360 g/mol. The summed E-state index contributed by atoms with van der Waals surface area (Å²) in [6, 6.07) is 3.24. The van der Waals surface area contributed by atoms with Gasteiger partial charge in [0.05, 0.1) is 27.8 Å². The van der Waals surface area contributed by atoms with E-state index in [9.17, 15) is 13.2 Å². The van der Waals surface area contributed by atoms with Crippen molar-refractivity contribution in [2.45, 2.75) is 19.0 Å². The number of hydrogen-bond donors (Lipinski definition) is 1. The van der Waals surface area contributed by atoms with Crippen LogP contribution in [0.5, 0.6) is 0 Å². The number of thiazole rings is 1. The minimum Gasteiger partial charge on any atom is -0.375 e. The lowest BCUT2D eigenvalue weighted by atomic mass is 10.0. The van der Waals surface area contributed by atoms with E-state index in [1.165, 1.54) is 11.3 Å². The molecule has 2 atom stereocenters. The topological polar surface area (TPSA) is 96.6 Å². The first-order valence-electron chi connectivity index (χ1n) is 8.13. The fourth-order valence-corrected chi connectivity index (χ4v) is 6.79. The summed E-state index contributed by atoms with van der Waals surface area (Å²) < 4.78 is 25.1. The van der Waals surface area contributed by atoms with Crippen LogP contribution in [0, 0.1) is 6.92 Å².